The lowest BCUT2D eigenvalue weighted by Crippen LogP contribution is -2.17. The minimum atomic E-state index is -0.929. The highest BCUT2D eigenvalue weighted by molar-refractivity contribution is 5.98. The summed E-state index contributed by atoms with van der Waals surface area (Å²) in [6.45, 7) is 5.52. The van der Waals surface area contributed by atoms with Crippen LogP contribution in [0.15, 0.2) is 60.7 Å². The van der Waals surface area contributed by atoms with Crippen molar-refractivity contribution in [2.24, 2.45) is 0 Å². The molecule has 0 aliphatic carbocycles. The normalized spacial score (nSPS) is 11.1. The molecular weight excluding hydrogens is 428 g/mol. The molecule has 176 valence electrons. The van der Waals surface area contributed by atoms with Crippen LogP contribution in [0, 0.1) is 13.8 Å². The molecule has 2 N–H and O–H groups in total. The number of aromatic carboxylic acids is 1. The molecule has 4 aromatic rings. The van der Waals surface area contributed by atoms with E-state index in [4.69, 9.17) is 9.47 Å². The SMILES string of the molecule is COc1ccc(CNCc2c(C(=O)O)n(Cc3ccccc3C)c3cc(C)ccc23)c(OC)c1. The third-order valence-corrected chi connectivity index (χ3v) is 6.23. The van der Waals surface area contributed by atoms with Gasteiger partial charge in [0, 0.05) is 47.7 Å². The lowest BCUT2D eigenvalue weighted by atomic mass is 10.1. The van der Waals surface area contributed by atoms with Crippen LogP contribution in [0.1, 0.15) is 38.3 Å². The molecule has 1 aromatic heterocycles. The van der Waals surface area contributed by atoms with E-state index in [1.807, 2.05) is 54.0 Å². The van der Waals surface area contributed by atoms with Crippen molar-refractivity contribution < 1.29 is 19.4 Å². The first-order chi connectivity index (χ1) is 16.4. The Morgan fingerprint density at radius 3 is 2.44 bits per heavy atom. The second-order valence-electron chi connectivity index (χ2n) is 8.45. The van der Waals surface area contributed by atoms with E-state index in [2.05, 4.69) is 30.4 Å². The number of aromatic nitrogens is 1. The number of rotatable bonds is 9. The molecular formula is C28H30N2O4. The highest BCUT2D eigenvalue weighted by atomic mass is 16.5. The zero-order valence-corrected chi connectivity index (χ0v) is 20.0. The Labute approximate surface area is 199 Å². The van der Waals surface area contributed by atoms with Gasteiger partial charge in [0.15, 0.2) is 0 Å². The van der Waals surface area contributed by atoms with Gasteiger partial charge in [-0.25, -0.2) is 4.79 Å². The fourth-order valence-corrected chi connectivity index (χ4v) is 4.40. The first-order valence-corrected chi connectivity index (χ1v) is 11.2. The van der Waals surface area contributed by atoms with E-state index >= 15 is 0 Å². The maximum Gasteiger partial charge on any atom is 0.352 e. The van der Waals surface area contributed by atoms with Crippen LogP contribution in [0.4, 0.5) is 0 Å². The molecule has 0 atom stereocenters. The summed E-state index contributed by atoms with van der Waals surface area (Å²) in [6, 6.07) is 19.9. The monoisotopic (exact) mass is 458 g/mol. The lowest BCUT2D eigenvalue weighted by Gasteiger charge is -2.13. The van der Waals surface area contributed by atoms with Crippen LogP contribution in [0.5, 0.6) is 11.5 Å². The average Bonchev–Trinajstić information content (AvgIpc) is 3.13. The third-order valence-electron chi connectivity index (χ3n) is 6.23. The van der Waals surface area contributed by atoms with Gasteiger partial charge in [0.2, 0.25) is 0 Å². The molecule has 0 aliphatic heterocycles. The fourth-order valence-electron chi connectivity index (χ4n) is 4.40. The number of fused-ring (bicyclic) bond motifs is 1. The predicted molar refractivity (Wildman–Crippen MR) is 134 cm³/mol. The smallest absolute Gasteiger partial charge is 0.352 e. The number of aryl methyl sites for hydroxylation is 2. The van der Waals surface area contributed by atoms with Crippen LogP contribution < -0.4 is 14.8 Å². The number of carboxylic acid groups (broad SMARTS) is 1. The number of ether oxygens (including phenoxy) is 2. The number of carboxylic acids is 1. The van der Waals surface area contributed by atoms with Gasteiger partial charge in [-0.1, -0.05) is 42.5 Å². The van der Waals surface area contributed by atoms with E-state index in [0.29, 0.717) is 25.3 Å². The van der Waals surface area contributed by atoms with Crippen LogP contribution in [0.25, 0.3) is 10.9 Å². The Bertz CT molecular complexity index is 1340. The molecule has 6 heteroatoms. The summed E-state index contributed by atoms with van der Waals surface area (Å²) < 4.78 is 12.7. The largest absolute Gasteiger partial charge is 0.497 e. The predicted octanol–water partition coefficient (Wildman–Crippen LogP) is 5.31. The van der Waals surface area contributed by atoms with E-state index in [9.17, 15) is 9.90 Å². The fraction of sp³-hybridized carbons (Fsp3) is 0.250. The Morgan fingerprint density at radius 2 is 1.74 bits per heavy atom. The summed E-state index contributed by atoms with van der Waals surface area (Å²) >= 11 is 0. The van der Waals surface area contributed by atoms with E-state index in [1.54, 1.807) is 14.2 Å². The van der Waals surface area contributed by atoms with Gasteiger partial charge in [-0.15, -0.1) is 0 Å². The molecule has 0 saturated heterocycles. The molecule has 0 bridgehead atoms. The Balaban J connectivity index is 1.71. The van der Waals surface area contributed by atoms with Gasteiger partial charge in [-0.3, -0.25) is 0 Å². The number of carbonyl (C=O) groups is 1. The Morgan fingerprint density at radius 1 is 0.941 bits per heavy atom. The molecule has 4 rings (SSSR count). The second-order valence-corrected chi connectivity index (χ2v) is 8.45. The van der Waals surface area contributed by atoms with Crippen molar-refractivity contribution in [2.45, 2.75) is 33.5 Å². The minimum Gasteiger partial charge on any atom is -0.497 e. The van der Waals surface area contributed by atoms with Gasteiger partial charge in [-0.2, -0.15) is 0 Å². The highest BCUT2D eigenvalue weighted by Gasteiger charge is 2.23. The van der Waals surface area contributed by atoms with Crippen LogP contribution in [0.3, 0.4) is 0 Å². The molecule has 0 unspecified atom stereocenters. The van der Waals surface area contributed by atoms with Crippen molar-refractivity contribution in [3.05, 3.63) is 94.2 Å². The number of hydrogen-bond donors (Lipinski definition) is 2. The van der Waals surface area contributed by atoms with Crippen molar-refractivity contribution in [1.82, 2.24) is 9.88 Å². The summed E-state index contributed by atoms with van der Waals surface area (Å²) in [5.41, 5.74) is 6.33. The summed E-state index contributed by atoms with van der Waals surface area (Å²) in [7, 11) is 3.25. The number of hydrogen-bond acceptors (Lipinski definition) is 4. The first-order valence-electron chi connectivity index (χ1n) is 11.2. The van der Waals surface area contributed by atoms with Crippen LogP contribution in [0.2, 0.25) is 0 Å². The van der Waals surface area contributed by atoms with Crippen molar-refractivity contribution in [3.63, 3.8) is 0 Å². The Hall–Kier alpha value is -3.77. The molecule has 1 heterocycles. The van der Waals surface area contributed by atoms with Gasteiger partial charge in [-0.05, 0) is 42.7 Å². The maximum atomic E-state index is 12.5. The van der Waals surface area contributed by atoms with Crippen molar-refractivity contribution >= 4 is 16.9 Å². The number of benzene rings is 3. The van der Waals surface area contributed by atoms with Crippen molar-refractivity contribution in [3.8, 4) is 11.5 Å². The minimum absolute atomic E-state index is 0.318. The average molecular weight is 459 g/mol. The zero-order valence-electron chi connectivity index (χ0n) is 20.0. The number of nitrogens with one attached hydrogen (secondary N) is 1. The Kier molecular flexibility index (Phi) is 6.89. The molecule has 6 nitrogen and oxygen atoms in total. The quantitative estimate of drug-likeness (QED) is 0.356. The summed E-state index contributed by atoms with van der Waals surface area (Å²) in [5, 5.41) is 14.6. The molecule has 3 aromatic carbocycles. The third kappa shape index (κ3) is 4.63. The summed E-state index contributed by atoms with van der Waals surface area (Å²) in [4.78, 5) is 12.5. The topological polar surface area (TPSA) is 72.7 Å². The van der Waals surface area contributed by atoms with E-state index in [1.165, 1.54) is 0 Å². The molecule has 0 saturated carbocycles. The van der Waals surface area contributed by atoms with Gasteiger partial charge >= 0.3 is 5.97 Å². The van der Waals surface area contributed by atoms with Crippen LogP contribution in [-0.4, -0.2) is 29.9 Å². The molecule has 0 amide bonds. The van der Waals surface area contributed by atoms with E-state index in [-0.39, 0.29) is 0 Å². The second kappa shape index (κ2) is 10.0. The number of nitrogens with zero attached hydrogens (tertiary/aromatic N) is 1. The molecule has 0 radical (unpaired) electrons. The van der Waals surface area contributed by atoms with E-state index < -0.39 is 5.97 Å². The summed E-state index contributed by atoms with van der Waals surface area (Å²) in [6.07, 6.45) is 0. The summed E-state index contributed by atoms with van der Waals surface area (Å²) in [5.74, 6) is 0.521. The van der Waals surface area contributed by atoms with Gasteiger partial charge < -0.3 is 24.5 Å². The van der Waals surface area contributed by atoms with E-state index in [0.717, 1.165) is 50.2 Å². The van der Waals surface area contributed by atoms with Gasteiger partial charge in [0.25, 0.3) is 0 Å². The molecule has 0 spiro atoms. The molecule has 34 heavy (non-hydrogen) atoms. The highest BCUT2D eigenvalue weighted by Crippen LogP contribution is 2.30. The number of methoxy groups -OCH3 is 2. The van der Waals surface area contributed by atoms with Crippen molar-refractivity contribution in [1.29, 1.82) is 0 Å². The molecule has 0 aliphatic rings. The first kappa shape index (κ1) is 23.4. The maximum absolute atomic E-state index is 12.5. The molecule has 0 fully saturated rings. The van der Waals surface area contributed by atoms with Gasteiger partial charge in [0.1, 0.15) is 17.2 Å². The van der Waals surface area contributed by atoms with Crippen molar-refractivity contribution in [2.75, 3.05) is 14.2 Å². The lowest BCUT2D eigenvalue weighted by molar-refractivity contribution is 0.0684. The zero-order chi connectivity index (χ0) is 24.2. The van der Waals surface area contributed by atoms with Crippen LogP contribution in [-0.2, 0) is 19.6 Å². The standard InChI is InChI=1S/C28H30N2O4/c1-18-9-12-23-24(16-29-15-20-10-11-22(33-3)14-26(20)34-4)27(28(31)32)30(25(23)13-18)17-21-8-6-5-7-19(21)2/h5-14,29H,15-17H2,1-4H3,(H,31,32). The van der Waals surface area contributed by atoms with Gasteiger partial charge in [0.05, 0.1) is 14.2 Å². The van der Waals surface area contributed by atoms with Crippen LogP contribution >= 0.6 is 0 Å².